The van der Waals surface area contributed by atoms with E-state index in [1.807, 2.05) is 31.2 Å². The number of rotatable bonds is 5. The summed E-state index contributed by atoms with van der Waals surface area (Å²) in [4.78, 5) is 11.7. The fourth-order valence-electron chi connectivity index (χ4n) is 1.76. The third kappa shape index (κ3) is 5.14. The summed E-state index contributed by atoms with van der Waals surface area (Å²) < 4.78 is 5.34. The SMILES string of the molecule is CCOc1ccc(NC(=O)N/C=C/c2ccc(Cl)cc2)cc1. The molecule has 0 bridgehead atoms. The molecule has 0 aliphatic heterocycles. The Morgan fingerprint density at radius 3 is 2.45 bits per heavy atom. The standard InChI is InChI=1S/C17H17ClN2O2/c1-2-22-16-9-7-15(8-10-16)20-17(21)19-12-11-13-3-5-14(18)6-4-13/h3-12H,2H2,1H3,(H2,19,20,21)/b12-11+. The molecule has 2 N–H and O–H groups in total. The first kappa shape index (κ1) is 15.9. The second-order valence-electron chi connectivity index (χ2n) is 4.44. The van der Waals surface area contributed by atoms with Gasteiger partial charge in [-0.1, -0.05) is 23.7 Å². The number of halogens is 1. The van der Waals surface area contributed by atoms with Crippen molar-refractivity contribution in [2.24, 2.45) is 0 Å². The average molecular weight is 317 g/mol. The molecule has 2 aromatic carbocycles. The fourth-order valence-corrected chi connectivity index (χ4v) is 1.88. The number of ether oxygens (including phenoxy) is 1. The van der Waals surface area contributed by atoms with Crippen molar-refractivity contribution in [3.8, 4) is 5.75 Å². The molecule has 2 amide bonds. The van der Waals surface area contributed by atoms with Crippen LogP contribution in [-0.2, 0) is 0 Å². The third-order valence-electron chi connectivity index (χ3n) is 2.78. The summed E-state index contributed by atoms with van der Waals surface area (Å²) in [5.41, 5.74) is 1.65. The first-order valence-electron chi connectivity index (χ1n) is 6.90. The molecule has 0 heterocycles. The van der Waals surface area contributed by atoms with Gasteiger partial charge >= 0.3 is 6.03 Å². The van der Waals surface area contributed by atoms with Gasteiger partial charge in [0.25, 0.3) is 0 Å². The topological polar surface area (TPSA) is 50.4 Å². The minimum Gasteiger partial charge on any atom is -0.494 e. The Morgan fingerprint density at radius 2 is 1.82 bits per heavy atom. The minimum atomic E-state index is -0.311. The van der Waals surface area contributed by atoms with Crippen LogP contribution >= 0.6 is 11.6 Å². The van der Waals surface area contributed by atoms with E-state index in [4.69, 9.17) is 16.3 Å². The van der Waals surface area contributed by atoms with Crippen molar-refractivity contribution in [3.63, 3.8) is 0 Å². The number of carbonyl (C=O) groups is 1. The zero-order chi connectivity index (χ0) is 15.8. The summed E-state index contributed by atoms with van der Waals surface area (Å²) in [7, 11) is 0. The van der Waals surface area contributed by atoms with Crippen molar-refractivity contribution in [2.45, 2.75) is 6.92 Å². The normalized spacial score (nSPS) is 10.5. The van der Waals surface area contributed by atoms with Gasteiger partial charge in [-0.15, -0.1) is 0 Å². The maximum atomic E-state index is 11.7. The Bertz CT molecular complexity index is 637. The molecule has 22 heavy (non-hydrogen) atoms. The largest absolute Gasteiger partial charge is 0.494 e. The van der Waals surface area contributed by atoms with Gasteiger partial charge in [0.15, 0.2) is 0 Å². The van der Waals surface area contributed by atoms with E-state index in [0.29, 0.717) is 17.3 Å². The highest BCUT2D eigenvalue weighted by molar-refractivity contribution is 6.30. The third-order valence-corrected chi connectivity index (χ3v) is 3.04. The van der Waals surface area contributed by atoms with Gasteiger partial charge in [-0.25, -0.2) is 4.79 Å². The minimum absolute atomic E-state index is 0.311. The van der Waals surface area contributed by atoms with E-state index < -0.39 is 0 Å². The molecule has 0 spiro atoms. The van der Waals surface area contributed by atoms with Crippen molar-refractivity contribution < 1.29 is 9.53 Å². The van der Waals surface area contributed by atoms with Crippen LogP contribution in [0.25, 0.3) is 6.08 Å². The van der Waals surface area contributed by atoms with Crippen molar-refractivity contribution in [2.75, 3.05) is 11.9 Å². The van der Waals surface area contributed by atoms with E-state index in [1.165, 1.54) is 0 Å². The quantitative estimate of drug-likeness (QED) is 0.851. The summed E-state index contributed by atoms with van der Waals surface area (Å²) in [5.74, 6) is 0.774. The maximum absolute atomic E-state index is 11.7. The number of carbonyl (C=O) groups excluding carboxylic acids is 1. The smallest absolute Gasteiger partial charge is 0.323 e. The first-order chi connectivity index (χ1) is 10.7. The van der Waals surface area contributed by atoms with Crippen LogP contribution < -0.4 is 15.4 Å². The Hall–Kier alpha value is -2.46. The molecule has 0 saturated heterocycles. The number of nitrogens with one attached hydrogen (secondary N) is 2. The molecule has 4 nitrogen and oxygen atoms in total. The Balaban J connectivity index is 1.83. The molecule has 0 atom stereocenters. The lowest BCUT2D eigenvalue weighted by Gasteiger charge is -2.06. The number of benzene rings is 2. The van der Waals surface area contributed by atoms with Crippen LogP contribution in [0.1, 0.15) is 12.5 Å². The molecule has 2 aromatic rings. The molecule has 0 unspecified atom stereocenters. The molecule has 2 rings (SSSR count). The highest BCUT2D eigenvalue weighted by Gasteiger charge is 1.99. The summed E-state index contributed by atoms with van der Waals surface area (Å²) >= 11 is 5.80. The van der Waals surface area contributed by atoms with Gasteiger partial charge < -0.3 is 15.4 Å². The predicted molar refractivity (Wildman–Crippen MR) is 90.3 cm³/mol. The number of hydrogen-bond donors (Lipinski definition) is 2. The highest BCUT2D eigenvalue weighted by Crippen LogP contribution is 2.15. The van der Waals surface area contributed by atoms with Gasteiger partial charge in [-0.3, -0.25) is 0 Å². The van der Waals surface area contributed by atoms with Crippen molar-refractivity contribution in [3.05, 3.63) is 65.3 Å². The summed E-state index contributed by atoms with van der Waals surface area (Å²) in [6.45, 7) is 2.54. The van der Waals surface area contributed by atoms with Gasteiger partial charge in [0, 0.05) is 16.9 Å². The van der Waals surface area contributed by atoms with Crippen molar-refractivity contribution in [1.82, 2.24) is 5.32 Å². The van der Waals surface area contributed by atoms with E-state index in [0.717, 1.165) is 11.3 Å². The maximum Gasteiger partial charge on any atom is 0.323 e. The number of anilines is 1. The number of amides is 2. The van der Waals surface area contributed by atoms with Crippen molar-refractivity contribution in [1.29, 1.82) is 0 Å². The zero-order valence-corrected chi connectivity index (χ0v) is 12.9. The molecule has 0 aliphatic carbocycles. The average Bonchev–Trinajstić information content (AvgIpc) is 2.51. The van der Waals surface area contributed by atoms with E-state index in [1.54, 1.807) is 36.5 Å². The Morgan fingerprint density at radius 1 is 1.14 bits per heavy atom. The van der Waals surface area contributed by atoms with Crippen LogP contribution in [0.15, 0.2) is 54.7 Å². The molecule has 114 valence electrons. The second-order valence-corrected chi connectivity index (χ2v) is 4.88. The zero-order valence-electron chi connectivity index (χ0n) is 12.2. The fraction of sp³-hybridized carbons (Fsp3) is 0.118. The van der Waals surface area contributed by atoms with Crippen LogP contribution in [0.4, 0.5) is 10.5 Å². The first-order valence-corrected chi connectivity index (χ1v) is 7.27. The molecule has 0 aromatic heterocycles. The van der Waals surface area contributed by atoms with Gasteiger partial charge in [0.1, 0.15) is 5.75 Å². The second kappa shape index (κ2) is 8.10. The van der Waals surface area contributed by atoms with Crippen molar-refractivity contribution >= 4 is 29.4 Å². The van der Waals surface area contributed by atoms with Gasteiger partial charge in [-0.2, -0.15) is 0 Å². The van der Waals surface area contributed by atoms with E-state index in [-0.39, 0.29) is 6.03 Å². The molecule has 0 fully saturated rings. The summed E-state index contributed by atoms with van der Waals surface area (Å²) in [5, 5.41) is 6.05. The molecule has 0 radical (unpaired) electrons. The summed E-state index contributed by atoms with van der Waals surface area (Å²) in [6.07, 6.45) is 3.36. The van der Waals surface area contributed by atoms with Gasteiger partial charge in [0.2, 0.25) is 0 Å². The lowest BCUT2D eigenvalue weighted by molar-refractivity contribution is 0.255. The molecule has 5 heteroatoms. The Labute approximate surface area is 134 Å². The van der Waals surface area contributed by atoms with Gasteiger partial charge in [-0.05, 0) is 55.0 Å². The molecular weight excluding hydrogens is 300 g/mol. The lowest BCUT2D eigenvalue weighted by atomic mass is 10.2. The predicted octanol–water partition coefficient (Wildman–Crippen LogP) is 4.53. The molecular formula is C17H17ClN2O2. The Kier molecular flexibility index (Phi) is 5.86. The van der Waals surface area contributed by atoms with Crippen LogP contribution in [0.3, 0.4) is 0 Å². The number of hydrogen-bond acceptors (Lipinski definition) is 2. The highest BCUT2D eigenvalue weighted by atomic mass is 35.5. The van der Waals surface area contributed by atoms with E-state index in [9.17, 15) is 4.79 Å². The van der Waals surface area contributed by atoms with E-state index in [2.05, 4.69) is 10.6 Å². The van der Waals surface area contributed by atoms with Crippen LogP contribution in [0, 0.1) is 0 Å². The van der Waals surface area contributed by atoms with E-state index >= 15 is 0 Å². The molecule has 0 saturated carbocycles. The number of urea groups is 1. The summed E-state index contributed by atoms with van der Waals surface area (Å²) in [6, 6.07) is 14.2. The molecule has 0 aliphatic rings. The monoisotopic (exact) mass is 316 g/mol. The van der Waals surface area contributed by atoms with Crippen LogP contribution in [0.5, 0.6) is 5.75 Å². The van der Waals surface area contributed by atoms with Crippen LogP contribution in [-0.4, -0.2) is 12.6 Å². The van der Waals surface area contributed by atoms with Crippen LogP contribution in [0.2, 0.25) is 5.02 Å². The lowest BCUT2D eigenvalue weighted by Crippen LogP contribution is -2.23. The van der Waals surface area contributed by atoms with Gasteiger partial charge in [0.05, 0.1) is 6.61 Å².